The number of unbranched alkanes of at least 4 members (excludes halogenated alkanes) is 8. The predicted octanol–water partition coefficient (Wildman–Crippen LogP) is 6.80. The Morgan fingerprint density at radius 3 is 1.86 bits per heavy atom. The van der Waals surface area contributed by atoms with Gasteiger partial charge in [-0.3, -0.25) is 0 Å². The van der Waals surface area contributed by atoms with Crippen LogP contribution in [-0.2, 0) is 0 Å². The maximum absolute atomic E-state index is 3.64. The number of nitrogens with one attached hydrogen (secondary N) is 1. The summed E-state index contributed by atoms with van der Waals surface area (Å²) in [6, 6.07) is 10.6. The molecule has 0 fully saturated rings. The van der Waals surface area contributed by atoms with Crippen molar-refractivity contribution in [3.63, 3.8) is 0 Å². The smallest absolute Gasteiger partial charge is 0.0344 e. The summed E-state index contributed by atoms with van der Waals surface area (Å²) < 4.78 is 0. The van der Waals surface area contributed by atoms with Crippen LogP contribution in [0.1, 0.15) is 85.0 Å². The molecule has 0 unspecified atom stereocenters. The molecule has 0 aliphatic rings. The van der Waals surface area contributed by atoms with Crippen molar-refractivity contribution in [2.24, 2.45) is 0 Å². The van der Waals surface area contributed by atoms with Gasteiger partial charge in [-0.25, -0.2) is 0 Å². The van der Waals surface area contributed by atoms with Gasteiger partial charge in [0.25, 0.3) is 0 Å². The number of rotatable bonds is 12. The molecule has 0 aliphatic carbocycles. The van der Waals surface area contributed by atoms with Gasteiger partial charge in [-0.15, -0.1) is 0 Å². The van der Waals surface area contributed by atoms with E-state index < -0.39 is 0 Å². The van der Waals surface area contributed by atoms with Crippen LogP contribution >= 0.6 is 0 Å². The average Bonchev–Trinajstić information content (AvgIpc) is 2.46. The lowest BCUT2D eigenvalue weighted by Crippen LogP contribution is -2.30. The highest BCUT2D eigenvalue weighted by molar-refractivity contribution is 5.44. The molecule has 0 amide bonds. The van der Waals surface area contributed by atoms with Crippen molar-refractivity contribution >= 4 is 5.69 Å². The molecule has 0 saturated carbocycles. The SMILES string of the molecule is CCCCCCCCCCCC(C)(C)Nc1ccccc1. The molecule has 0 aliphatic heterocycles. The minimum absolute atomic E-state index is 0.197. The molecule has 1 N–H and O–H groups in total. The lowest BCUT2D eigenvalue weighted by Gasteiger charge is -2.27. The lowest BCUT2D eigenvalue weighted by molar-refractivity contribution is 0.470. The van der Waals surface area contributed by atoms with E-state index in [9.17, 15) is 0 Å². The molecule has 1 nitrogen and oxygen atoms in total. The van der Waals surface area contributed by atoms with E-state index in [0.29, 0.717) is 0 Å². The van der Waals surface area contributed by atoms with Crippen LogP contribution in [0.3, 0.4) is 0 Å². The van der Waals surface area contributed by atoms with Crippen LogP contribution in [0, 0.1) is 0 Å². The Bertz CT molecular complexity index is 342. The highest BCUT2D eigenvalue weighted by Gasteiger charge is 2.16. The summed E-state index contributed by atoms with van der Waals surface area (Å²) in [4.78, 5) is 0. The molecule has 0 atom stereocenters. The van der Waals surface area contributed by atoms with Gasteiger partial charge in [-0.05, 0) is 32.4 Å². The maximum Gasteiger partial charge on any atom is 0.0344 e. The topological polar surface area (TPSA) is 12.0 Å². The summed E-state index contributed by atoms with van der Waals surface area (Å²) in [5, 5.41) is 3.64. The van der Waals surface area contributed by atoms with Gasteiger partial charge in [-0.2, -0.15) is 0 Å². The molecule has 0 radical (unpaired) electrons. The van der Waals surface area contributed by atoms with Gasteiger partial charge in [0.1, 0.15) is 0 Å². The fraction of sp³-hybridized carbons (Fsp3) is 0.700. The molecule has 0 heterocycles. The summed E-state index contributed by atoms with van der Waals surface area (Å²) in [5.74, 6) is 0. The van der Waals surface area contributed by atoms with Gasteiger partial charge < -0.3 is 5.32 Å². The molecule has 120 valence electrons. The Kier molecular flexibility index (Phi) is 9.21. The third kappa shape index (κ3) is 9.55. The van der Waals surface area contributed by atoms with Gasteiger partial charge in [0, 0.05) is 11.2 Å². The van der Waals surface area contributed by atoms with Gasteiger partial charge in [-0.1, -0.05) is 82.9 Å². The highest BCUT2D eigenvalue weighted by Crippen LogP contribution is 2.21. The summed E-state index contributed by atoms with van der Waals surface area (Å²) in [5.41, 5.74) is 1.43. The van der Waals surface area contributed by atoms with Gasteiger partial charge in [0.2, 0.25) is 0 Å². The Morgan fingerprint density at radius 2 is 1.29 bits per heavy atom. The van der Waals surface area contributed by atoms with E-state index in [0.717, 1.165) is 0 Å². The summed E-state index contributed by atoms with van der Waals surface area (Å²) >= 11 is 0. The zero-order valence-electron chi connectivity index (χ0n) is 14.5. The number of hydrogen-bond acceptors (Lipinski definition) is 1. The first kappa shape index (κ1) is 18.1. The van der Waals surface area contributed by atoms with Crippen LogP contribution < -0.4 is 5.32 Å². The quantitative estimate of drug-likeness (QED) is 0.417. The van der Waals surface area contributed by atoms with Crippen LogP contribution in [0.2, 0.25) is 0 Å². The van der Waals surface area contributed by atoms with Gasteiger partial charge in [0.05, 0.1) is 0 Å². The molecular formula is C20H35N. The zero-order chi connectivity index (χ0) is 15.4. The van der Waals surface area contributed by atoms with Crippen LogP contribution in [0.4, 0.5) is 5.69 Å². The third-order valence-corrected chi connectivity index (χ3v) is 4.16. The molecule has 0 spiro atoms. The molecule has 1 aromatic rings. The summed E-state index contributed by atoms with van der Waals surface area (Å²) in [7, 11) is 0. The summed E-state index contributed by atoms with van der Waals surface area (Å²) in [6.45, 7) is 6.90. The second-order valence-corrected chi connectivity index (χ2v) is 6.95. The van der Waals surface area contributed by atoms with Gasteiger partial charge in [0.15, 0.2) is 0 Å². The Balaban J connectivity index is 2.03. The van der Waals surface area contributed by atoms with Crippen LogP contribution in [0.15, 0.2) is 30.3 Å². The second-order valence-electron chi connectivity index (χ2n) is 6.95. The summed E-state index contributed by atoms with van der Waals surface area (Å²) in [6.07, 6.45) is 13.9. The molecule has 0 saturated heterocycles. The fourth-order valence-electron chi connectivity index (χ4n) is 2.85. The maximum atomic E-state index is 3.64. The minimum atomic E-state index is 0.197. The van der Waals surface area contributed by atoms with E-state index in [2.05, 4.69) is 56.4 Å². The number of para-hydroxylation sites is 1. The Hall–Kier alpha value is -0.980. The normalized spacial score (nSPS) is 11.6. The van der Waals surface area contributed by atoms with Crippen LogP contribution in [0.25, 0.3) is 0 Å². The first-order valence-electron chi connectivity index (χ1n) is 8.97. The van der Waals surface area contributed by atoms with Crippen molar-refractivity contribution in [1.82, 2.24) is 0 Å². The Labute approximate surface area is 132 Å². The first-order valence-corrected chi connectivity index (χ1v) is 8.97. The molecule has 1 aromatic carbocycles. The molecule has 0 bridgehead atoms. The molecule has 0 aromatic heterocycles. The predicted molar refractivity (Wildman–Crippen MR) is 96.0 cm³/mol. The molecule has 1 rings (SSSR count). The van der Waals surface area contributed by atoms with Gasteiger partial charge >= 0.3 is 0 Å². The highest BCUT2D eigenvalue weighted by atomic mass is 15.0. The Morgan fingerprint density at radius 1 is 0.762 bits per heavy atom. The lowest BCUT2D eigenvalue weighted by atomic mass is 9.95. The van der Waals surface area contributed by atoms with E-state index in [1.807, 2.05) is 0 Å². The molecule has 21 heavy (non-hydrogen) atoms. The van der Waals surface area contributed by atoms with E-state index in [1.165, 1.54) is 69.9 Å². The number of anilines is 1. The second kappa shape index (κ2) is 10.7. The largest absolute Gasteiger partial charge is 0.380 e. The average molecular weight is 290 g/mol. The monoisotopic (exact) mass is 289 g/mol. The van der Waals surface area contributed by atoms with E-state index in [-0.39, 0.29) is 5.54 Å². The number of benzene rings is 1. The van der Waals surface area contributed by atoms with Crippen LogP contribution in [-0.4, -0.2) is 5.54 Å². The van der Waals surface area contributed by atoms with E-state index in [4.69, 9.17) is 0 Å². The van der Waals surface area contributed by atoms with Crippen molar-refractivity contribution in [2.75, 3.05) is 5.32 Å². The zero-order valence-corrected chi connectivity index (χ0v) is 14.5. The molecule has 1 heteroatoms. The van der Waals surface area contributed by atoms with Crippen molar-refractivity contribution in [2.45, 2.75) is 90.5 Å². The van der Waals surface area contributed by atoms with Crippen LogP contribution in [0.5, 0.6) is 0 Å². The first-order chi connectivity index (χ1) is 10.1. The minimum Gasteiger partial charge on any atom is -0.380 e. The standard InChI is InChI=1S/C20H35N/c1-4-5-6-7-8-9-10-11-15-18-20(2,3)21-19-16-13-12-14-17-19/h12-14,16-17,21H,4-11,15,18H2,1-3H3. The van der Waals surface area contributed by atoms with Crippen molar-refractivity contribution in [1.29, 1.82) is 0 Å². The third-order valence-electron chi connectivity index (χ3n) is 4.16. The van der Waals surface area contributed by atoms with Crippen molar-refractivity contribution in [3.05, 3.63) is 30.3 Å². The van der Waals surface area contributed by atoms with Crippen molar-refractivity contribution < 1.29 is 0 Å². The number of hydrogen-bond donors (Lipinski definition) is 1. The fourth-order valence-corrected chi connectivity index (χ4v) is 2.85. The van der Waals surface area contributed by atoms with E-state index >= 15 is 0 Å². The van der Waals surface area contributed by atoms with E-state index in [1.54, 1.807) is 0 Å². The van der Waals surface area contributed by atoms with Crippen molar-refractivity contribution in [3.8, 4) is 0 Å². The molecular weight excluding hydrogens is 254 g/mol.